The molecule has 3 aromatic heterocycles. The largest absolute Gasteiger partial charge is 0.471 e. The second kappa shape index (κ2) is 10.6. The van der Waals surface area contributed by atoms with Crippen LogP contribution in [0, 0.1) is 5.41 Å². The smallest absolute Gasteiger partial charge is 0.410 e. The van der Waals surface area contributed by atoms with E-state index < -0.39 is 5.60 Å². The summed E-state index contributed by atoms with van der Waals surface area (Å²) in [4.78, 5) is 24.1. The van der Waals surface area contributed by atoms with Crippen molar-refractivity contribution >= 4 is 17.0 Å². The molecule has 43 heavy (non-hydrogen) atoms. The summed E-state index contributed by atoms with van der Waals surface area (Å²) in [6.45, 7) is 7.52. The second-order valence-electron chi connectivity index (χ2n) is 13.1. The number of benzene rings is 1. The van der Waals surface area contributed by atoms with Gasteiger partial charge in [-0.1, -0.05) is 6.07 Å². The number of ether oxygens (including phenoxy) is 3. The fourth-order valence-electron chi connectivity index (χ4n) is 6.34. The van der Waals surface area contributed by atoms with Gasteiger partial charge in [0.25, 0.3) is 0 Å². The van der Waals surface area contributed by atoms with E-state index in [9.17, 15) is 4.79 Å². The minimum Gasteiger partial charge on any atom is -0.471 e. The monoisotopic (exact) mass is 585 g/mol. The summed E-state index contributed by atoms with van der Waals surface area (Å²) in [6.07, 6.45) is 10.7. The lowest BCUT2D eigenvalue weighted by molar-refractivity contribution is -0.0365. The molecule has 1 spiro atoms. The van der Waals surface area contributed by atoms with Crippen molar-refractivity contribution in [1.29, 1.82) is 0 Å². The van der Waals surface area contributed by atoms with Crippen LogP contribution in [0.25, 0.3) is 33.5 Å². The number of amides is 1. The first-order valence-corrected chi connectivity index (χ1v) is 15.3. The predicted molar refractivity (Wildman–Crippen MR) is 160 cm³/mol. The van der Waals surface area contributed by atoms with Gasteiger partial charge in [0.1, 0.15) is 23.1 Å². The van der Waals surface area contributed by atoms with Gasteiger partial charge in [-0.2, -0.15) is 10.2 Å². The maximum absolute atomic E-state index is 12.9. The Labute approximate surface area is 251 Å². The molecule has 11 nitrogen and oxygen atoms in total. The molecular formula is C32H39N7O4. The van der Waals surface area contributed by atoms with Crippen molar-refractivity contribution in [3.8, 4) is 28.5 Å². The molecule has 2 saturated heterocycles. The molecule has 1 amide bonds. The number of hydrogen-bond donors (Lipinski definition) is 0. The van der Waals surface area contributed by atoms with Crippen LogP contribution in [0.1, 0.15) is 65.5 Å². The summed E-state index contributed by atoms with van der Waals surface area (Å²) in [5.74, 6) is 0.430. The summed E-state index contributed by atoms with van der Waals surface area (Å²) >= 11 is 0. The Balaban J connectivity index is 1.22. The van der Waals surface area contributed by atoms with Gasteiger partial charge in [-0.15, -0.1) is 0 Å². The first-order valence-electron chi connectivity index (χ1n) is 15.3. The van der Waals surface area contributed by atoms with E-state index in [-0.39, 0.29) is 23.8 Å². The van der Waals surface area contributed by atoms with E-state index in [1.807, 2.05) is 43.2 Å². The highest BCUT2D eigenvalue weighted by Gasteiger charge is 2.54. The number of hydrogen-bond acceptors (Lipinski definition) is 8. The number of rotatable bonds is 5. The zero-order valence-electron chi connectivity index (χ0n) is 25.3. The lowest BCUT2D eigenvalue weighted by atomic mass is 9.90. The van der Waals surface area contributed by atoms with E-state index in [2.05, 4.69) is 28.3 Å². The quantitative estimate of drug-likeness (QED) is 0.291. The summed E-state index contributed by atoms with van der Waals surface area (Å²) in [7, 11) is 1.94. The van der Waals surface area contributed by atoms with Gasteiger partial charge < -0.3 is 19.1 Å². The highest BCUT2D eigenvalue weighted by atomic mass is 16.6. The van der Waals surface area contributed by atoms with E-state index in [1.165, 1.54) is 0 Å². The molecule has 11 heteroatoms. The molecule has 2 atom stereocenters. The Kier molecular flexibility index (Phi) is 6.87. The Morgan fingerprint density at radius 2 is 1.98 bits per heavy atom. The van der Waals surface area contributed by atoms with Crippen molar-refractivity contribution in [1.82, 2.24) is 34.4 Å². The highest BCUT2D eigenvalue weighted by molar-refractivity contribution is 5.95. The molecule has 1 saturated carbocycles. The van der Waals surface area contributed by atoms with E-state index >= 15 is 0 Å². The summed E-state index contributed by atoms with van der Waals surface area (Å²) in [5.41, 5.74) is 3.92. The number of likely N-dealkylation sites (tertiary alicyclic amines) is 1. The average molecular weight is 586 g/mol. The van der Waals surface area contributed by atoms with Crippen molar-refractivity contribution in [3.05, 3.63) is 42.9 Å². The lowest BCUT2D eigenvalue weighted by Crippen LogP contribution is -2.51. The van der Waals surface area contributed by atoms with Gasteiger partial charge in [0, 0.05) is 42.8 Å². The molecule has 0 N–H and O–H groups in total. The molecule has 5 heterocycles. The number of aryl methyl sites for hydroxylation is 1. The minimum atomic E-state index is -0.548. The van der Waals surface area contributed by atoms with E-state index in [4.69, 9.17) is 24.3 Å². The van der Waals surface area contributed by atoms with Gasteiger partial charge in [-0.3, -0.25) is 9.67 Å². The van der Waals surface area contributed by atoms with Crippen LogP contribution in [0.2, 0.25) is 0 Å². The molecular weight excluding hydrogens is 546 g/mol. The number of carbonyl (C=O) groups excluding carboxylic acids is 1. The van der Waals surface area contributed by atoms with Gasteiger partial charge in [-0.05, 0) is 77.5 Å². The average Bonchev–Trinajstić information content (AvgIpc) is 3.46. The van der Waals surface area contributed by atoms with Gasteiger partial charge in [0.2, 0.25) is 5.88 Å². The first kappa shape index (κ1) is 27.8. The Bertz CT molecular complexity index is 1640. The third kappa shape index (κ3) is 5.46. The molecule has 226 valence electrons. The van der Waals surface area contributed by atoms with Crippen molar-refractivity contribution in [3.63, 3.8) is 0 Å². The second-order valence-corrected chi connectivity index (χ2v) is 13.1. The Morgan fingerprint density at radius 1 is 1.12 bits per heavy atom. The van der Waals surface area contributed by atoms with Gasteiger partial charge in [0.15, 0.2) is 6.23 Å². The molecule has 1 aromatic carbocycles. The van der Waals surface area contributed by atoms with Crippen LogP contribution in [-0.4, -0.2) is 71.9 Å². The normalized spacial score (nSPS) is 21.7. The van der Waals surface area contributed by atoms with Crippen LogP contribution in [0.3, 0.4) is 0 Å². The van der Waals surface area contributed by atoms with Crippen LogP contribution in [0.5, 0.6) is 5.88 Å². The Morgan fingerprint density at radius 3 is 2.70 bits per heavy atom. The molecule has 2 unspecified atom stereocenters. The molecule has 2 aliphatic heterocycles. The lowest BCUT2D eigenvalue weighted by Gasteiger charge is -2.39. The fourth-order valence-corrected chi connectivity index (χ4v) is 6.34. The highest BCUT2D eigenvalue weighted by Crippen LogP contribution is 2.55. The van der Waals surface area contributed by atoms with Crippen molar-refractivity contribution in [2.75, 3.05) is 19.7 Å². The van der Waals surface area contributed by atoms with Gasteiger partial charge in [-0.25, -0.2) is 14.5 Å². The van der Waals surface area contributed by atoms with E-state index in [0.29, 0.717) is 24.7 Å². The van der Waals surface area contributed by atoms with E-state index in [0.717, 1.165) is 73.0 Å². The number of fused-ring (bicyclic) bond motifs is 1. The molecule has 3 fully saturated rings. The van der Waals surface area contributed by atoms with Crippen molar-refractivity contribution in [2.45, 2.75) is 77.2 Å². The molecule has 0 radical (unpaired) electrons. The Hall–Kier alpha value is -3.99. The first-order chi connectivity index (χ1) is 20.7. The van der Waals surface area contributed by atoms with Crippen LogP contribution in [-0.2, 0) is 16.5 Å². The maximum atomic E-state index is 12.9. The number of nitrogens with zero attached hydrogens (tertiary/aromatic N) is 7. The molecule has 1 aliphatic carbocycles. The number of piperidine rings is 1. The van der Waals surface area contributed by atoms with E-state index in [1.54, 1.807) is 23.5 Å². The minimum absolute atomic E-state index is 0.0702. The molecule has 7 rings (SSSR count). The molecule has 3 aliphatic rings. The zero-order valence-corrected chi connectivity index (χ0v) is 25.3. The topological polar surface area (TPSA) is 109 Å². The third-order valence-corrected chi connectivity index (χ3v) is 8.86. The fraction of sp³-hybridized carbons (Fsp3) is 0.531. The van der Waals surface area contributed by atoms with Crippen LogP contribution in [0.4, 0.5) is 4.79 Å². The third-order valence-electron chi connectivity index (χ3n) is 8.86. The predicted octanol–water partition coefficient (Wildman–Crippen LogP) is 5.76. The standard InChI is InChI=1S/C32H39N7O4/c1-31(2,3)43-30(40)38-15-13-32(11-12-32)26(20-38)42-27-19-33-18-23(35-27)29-22-17-21(24-10-14-34-37(24)4)8-9-25(22)39(36-29)28-7-5-6-16-41-28/h8-10,14,17-19,26,28H,5-7,11-13,15-16,20H2,1-4H3. The van der Waals surface area contributed by atoms with Gasteiger partial charge >= 0.3 is 6.09 Å². The molecule has 4 aromatic rings. The zero-order chi connectivity index (χ0) is 29.8. The van der Waals surface area contributed by atoms with Crippen LogP contribution >= 0.6 is 0 Å². The summed E-state index contributed by atoms with van der Waals surface area (Å²) in [5, 5.41) is 10.4. The van der Waals surface area contributed by atoms with Crippen LogP contribution < -0.4 is 4.74 Å². The maximum Gasteiger partial charge on any atom is 0.410 e. The number of aromatic nitrogens is 6. The number of carbonyl (C=O) groups is 1. The van der Waals surface area contributed by atoms with Crippen molar-refractivity contribution < 1.29 is 19.0 Å². The summed E-state index contributed by atoms with van der Waals surface area (Å²) in [6, 6.07) is 8.35. The van der Waals surface area contributed by atoms with Crippen molar-refractivity contribution in [2.24, 2.45) is 12.5 Å². The molecule has 0 bridgehead atoms. The summed E-state index contributed by atoms with van der Waals surface area (Å²) < 4.78 is 22.2. The van der Waals surface area contributed by atoms with Gasteiger partial charge in [0.05, 0.1) is 30.1 Å². The van der Waals surface area contributed by atoms with Crippen LogP contribution in [0.15, 0.2) is 42.9 Å². The SMILES string of the molecule is Cn1nccc1-c1ccc2c(c1)c(-c1cncc(OC3CN(C(=O)OC(C)(C)C)CCC34CC4)n1)nn2C1CCCCO1.